The number of carbonyl (C=O) groups excluding carboxylic acids is 1. The highest BCUT2D eigenvalue weighted by Gasteiger charge is 2.16. The van der Waals surface area contributed by atoms with Gasteiger partial charge in [-0.1, -0.05) is 26.0 Å². The van der Waals surface area contributed by atoms with E-state index < -0.39 is 0 Å². The van der Waals surface area contributed by atoms with Gasteiger partial charge in [0.25, 0.3) is 0 Å². The Bertz CT molecular complexity index is 336. The lowest BCUT2D eigenvalue weighted by Gasteiger charge is -2.16. The van der Waals surface area contributed by atoms with Crippen molar-refractivity contribution in [1.29, 1.82) is 0 Å². The molecule has 0 aromatic heterocycles. The average Bonchev–Trinajstić information content (AvgIpc) is 2.22. The third-order valence-corrected chi connectivity index (χ3v) is 1.99. The van der Waals surface area contributed by atoms with E-state index in [0.717, 1.165) is 5.56 Å². The van der Waals surface area contributed by atoms with E-state index in [4.69, 9.17) is 0 Å². The Kier molecular flexibility index (Phi) is 3.63. The molecule has 1 heterocycles. The average molecular weight is 195 g/mol. The Labute approximate surface area is 83.1 Å². The number of amides is 1. The predicted molar refractivity (Wildman–Crippen MR) is 54.7 cm³/mol. The highest BCUT2D eigenvalue weighted by molar-refractivity contribution is 5.93. The number of fused-ring (bicyclic) bond motifs is 1. The molecule has 0 radical (unpaired) electrons. The fourth-order valence-electron chi connectivity index (χ4n) is 1.37. The van der Waals surface area contributed by atoms with Crippen molar-refractivity contribution >= 4 is 11.6 Å². The molecule has 1 amide bonds. The second kappa shape index (κ2) is 4.74. The molecule has 0 aliphatic carbocycles. The minimum absolute atomic E-state index is 0.104. The quantitative estimate of drug-likeness (QED) is 0.677. The number of hydrogen-bond donors (Lipinski definition) is 1. The Balaban J connectivity index is 0.000000461. The maximum Gasteiger partial charge on any atom is 0.224 e. The van der Waals surface area contributed by atoms with Gasteiger partial charge in [0.15, 0.2) is 0 Å². The van der Waals surface area contributed by atoms with E-state index in [1.165, 1.54) is 6.07 Å². The Morgan fingerprint density at radius 1 is 1.29 bits per heavy atom. The minimum atomic E-state index is -0.347. The summed E-state index contributed by atoms with van der Waals surface area (Å²) in [5.74, 6) is -0.451. The van der Waals surface area contributed by atoms with Crippen molar-refractivity contribution in [2.75, 3.05) is 5.32 Å². The highest BCUT2D eigenvalue weighted by Crippen LogP contribution is 2.24. The molecule has 0 fully saturated rings. The van der Waals surface area contributed by atoms with Crippen molar-refractivity contribution in [2.24, 2.45) is 0 Å². The molecule has 0 saturated carbocycles. The van der Waals surface area contributed by atoms with E-state index in [-0.39, 0.29) is 11.7 Å². The molecule has 1 aromatic rings. The summed E-state index contributed by atoms with van der Waals surface area (Å²) in [6.07, 6.45) is 1.09. The second-order valence-electron chi connectivity index (χ2n) is 2.82. The van der Waals surface area contributed by atoms with Gasteiger partial charge in [0.1, 0.15) is 5.82 Å². The molecule has 1 aliphatic heterocycles. The topological polar surface area (TPSA) is 29.1 Å². The maximum absolute atomic E-state index is 13.0. The van der Waals surface area contributed by atoms with E-state index in [1.54, 1.807) is 6.07 Å². The molecule has 3 heteroatoms. The van der Waals surface area contributed by atoms with Crippen molar-refractivity contribution in [3.63, 3.8) is 0 Å². The largest absolute Gasteiger partial charge is 0.323 e. The van der Waals surface area contributed by atoms with Crippen molar-refractivity contribution in [3.05, 3.63) is 29.6 Å². The van der Waals surface area contributed by atoms with E-state index in [0.29, 0.717) is 18.5 Å². The van der Waals surface area contributed by atoms with Crippen LogP contribution in [0.2, 0.25) is 0 Å². The number of hydrogen-bond acceptors (Lipinski definition) is 1. The van der Waals surface area contributed by atoms with Crippen molar-refractivity contribution in [2.45, 2.75) is 26.7 Å². The Morgan fingerprint density at radius 3 is 2.71 bits per heavy atom. The van der Waals surface area contributed by atoms with Crippen LogP contribution in [0.3, 0.4) is 0 Å². The zero-order valence-corrected chi connectivity index (χ0v) is 8.43. The van der Waals surface area contributed by atoms with E-state index in [9.17, 15) is 9.18 Å². The first-order valence-corrected chi connectivity index (χ1v) is 4.84. The molecule has 2 nitrogen and oxygen atoms in total. The first kappa shape index (κ1) is 10.7. The normalized spacial score (nSPS) is 13.5. The summed E-state index contributed by atoms with van der Waals surface area (Å²) in [6, 6.07) is 4.84. The third-order valence-electron chi connectivity index (χ3n) is 1.99. The fraction of sp³-hybridized carbons (Fsp3) is 0.364. The zero-order valence-electron chi connectivity index (χ0n) is 8.43. The summed E-state index contributed by atoms with van der Waals surface area (Å²) in [4.78, 5) is 10.9. The number of carbonyl (C=O) groups is 1. The monoisotopic (exact) mass is 195 g/mol. The second-order valence-corrected chi connectivity index (χ2v) is 2.82. The van der Waals surface area contributed by atoms with Crippen molar-refractivity contribution < 1.29 is 9.18 Å². The van der Waals surface area contributed by atoms with Gasteiger partial charge in [0.05, 0.1) is 5.69 Å². The summed E-state index contributed by atoms with van der Waals surface area (Å²) >= 11 is 0. The Hall–Kier alpha value is -1.38. The number of aryl methyl sites for hydroxylation is 1. The van der Waals surface area contributed by atoms with E-state index in [1.807, 2.05) is 19.9 Å². The van der Waals surface area contributed by atoms with Crippen LogP contribution in [0.15, 0.2) is 18.2 Å². The highest BCUT2D eigenvalue weighted by atomic mass is 19.1. The number of nitrogens with one attached hydrogen (secondary N) is 1. The molecule has 14 heavy (non-hydrogen) atoms. The van der Waals surface area contributed by atoms with Crippen LogP contribution in [0.5, 0.6) is 0 Å². The van der Waals surface area contributed by atoms with Gasteiger partial charge in [0.2, 0.25) is 5.91 Å². The molecule has 76 valence electrons. The predicted octanol–water partition coefficient (Wildman–Crippen LogP) is 2.74. The van der Waals surface area contributed by atoms with Gasteiger partial charge >= 0.3 is 0 Å². The minimum Gasteiger partial charge on any atom is -0.323 e. The summed E-state index contributed by atoms with van der Waals surface area (Å²) < 4.78 is 13.0. The van der Waals surface area contributed by atoms with Crippen molar-refractivity contribution in [1.82, 2.24) is 0 Å². The molecule has 0 spiro atoms. The lowest BCUT2D eigenvalue weighted by Crippen LogP contribution is -2.19. The number of para-hydroxylation sites is 1. The van der Waals surface area contributed by atoms with Gasteiger partial charge in [0, 0.05) is 6.42 Å². The lowest BCUT2D eigenvalue weighted by atomic mass is 10.0. The summed E-state index contributed by atoms with van der Waals surface area (Å²) in [6.45, 7) is 4.00. The SMILES string of the molecule is CC.O=C1CCc2cccc(F)c2N1. The van der Waals surface area contributed by atoms with Crippen LogP contribution >= 0.6 is 0 Å². The first-order chi connectivity index (χ1) is 6.77. The molecular formula is C11H14FNO. The summed E-state index contributed by atoms with van der Waals surface area (Å²) in [7, 11) is 0. The van der Waals surface area contributed by atoms with Gasteiger partial charge in [-0.15, -0.1) is 0 Å². The third kappa shape index (κ3) is 2.10. The van der Waals surface area contributed by atoms with E-state index >= 15 is 0 Å². The molecule has 0 atom stereocenters. The van der Waals surface area contributed by atoms with E-state index in [2.05, 4.69) is 5.32 Å². The molecule has 1 aromatic carbocycles. The van der Waals surface area contributed by atoms with Crippen LogP contribution in [0.1, 0.15) is 25.8 Å². The molecule has 0 bridgehead atoms. The smallest absolute Gasteiger partial charge is 0.224 e. The molecule has 0 unspecified atom stereocenters. The molecule has 0 saturated heterocycles. The van der Waals surface area contributed by atoms with Crippen LogP contribution in [0.25, 0.3) is 0 Å². The van der Waals surface area contributed by atoms with Gasteiger partial charge in [-0.25, -0.2) is 4.39 Å². The number of halogens is 1. The first-order valence-electron chi connectivity index (χ1n) is 4.84. The van der Waals surface area contributed by atoms with Gasteiger partial charge in [-0.05, 0) is 18.1 Å². The fourth-order valence-corrected chi connectivity index (χ4v) is 1.37. The van der Waals surface area contributed by atoms with Crippen LogP contribution in [0, 0.1) is 5.82 Å². The van der Waals surface area contributed by atoms with Crippen LogP contribution < -0.4 is 5.32 Å². The van der Waals surface area contributed by atoms with Crippen LogP contribution in [0.4, 0.5) is 10.1 Å². The van der Waals surface area contributed by atoms with Gasteiger partial charge in [-0.2, -0.15) is 0 Å². The maximum atomic E-state index is 13.0. The summed E-state index contributed by atoms with van der Waals surface area (Å²) in [5, 5.41) is 2.51. The molecular weight excluding hydrogens is 181 g/mol. The van der Waals surface area contributed by atoms with Crippen molar-refractivity contribution in [3.8, 4) is 0 Å². The molecule has 2 rings (SSSR count). The number of benzene rings is 1. The number of rotatable bonds is 0. The summed E-state index contributed by atoms with van der Waals surface area (Å²) in [5.41, 5.74) is 1.24. The molecule has 1 aliphatic rings. The van der Waals surface area contributed by atoms with Gasteiger partial charge in [-0.3, -0.25) is 4.79 Å². The van der Waals surface area contributed by atoms with Gasteiger partial charge < -0.3 is 5.32 Å². The standard InChI is InChI=1S/C9H8FNO.C2H6/c10-7-3-1-2-6-4-5-8(12)11-9(6)7;1-2/h1-3H,4-5H2,(H,11,12);1-2H3. The zero-order chi connectivity index (χ0) is 10.6. The number of anilines is 1. The van der Waals surface area contributed by atoms with Crippen LogP contribution in [-0.4, -0.2) is 5.91 Å². The Morgan fingerprint density at radius 2 is 2.00 bits per heavy atom. The molecule has 1 N–H and O–H groups in total. The van der Waals surface area contributed by atoms with Crippen LogP contribution in [-0.2, 0) is 11.2 Å². The lowest BCUT2D eigenvalue weighted by molar-refractivity contribution is -0.116.